The molecule has 5 heteroatoms. The molecule has 2 aliphatic rings. The van der Waals surface area contributed by atoms with Crippen LogP contribution in [-0.2, 0) is 4.74 Å². The largest absolute Gasteiger partial charge is 0.425 e. The molecule has 0 amide bonds. The second-order valence-electron chi connectivity index (χ2n) is 2.98. The van der Waals surface area contributed by atoms with Crippen molar-refractivity contribution in [3.8, 4) is 0 Å². The molecular formula is C10H7N3OS. The summed E-state index contributed by atoms with van der Waals surface area (Å²) in [5.74, 6) is 1.50. The molecule has 0 fully saturated rings. The molecule has 0 spiro atoms. The van der Waals surface area contributed by atoms with E-state index in [1.54, 1.807) is 6.20 Å². The number of aliphatic imine (C=N–C) groups is 1. The van der Waals surface area contributed by atoms with E-state index in [0.29, 0.717) is 11.8 Å². The normalized spacial score (nSPS) is 16.8. The Morgan fingerprint density at radius 1 is 1.40 bits per heavy atom. The summed E-state index contributed by atoms with van der Waals surface area (Å²) in [5.41, 5.74) is 0. The second-order valence-corrected chi connectivity index (χ2v) is 3.82. The molecule has 0 saturated carbocycles. The van der Waals surface area contributed by atoms with Gasteiger partial charge in [-0.2, -0.15) is 4.99 Å². The van der Waals surface area contributed by atoms with Crippen LogP contribution in [0.25, 0.3) is 0 Å². The zero-order valence-electron chi connectivity index (χ0n) is 7.68. The number of pyridine rings is 1. The minimum absolute atomic E-state index is 0.474. The van der Waals surface area contributed by atoms with Gasteiger partial charge in [0.05, 0.1) is 4.90 Å². The highest BCUT2D eigenvalue weighted by Gasteiger charge is 2.15. The zero-order chi connectivity index (χ0) is 10.1. The van der Waals surface area contributed by atoms with Crippen LogP contribution >= 0.6 is 11.9 Å². The first-order valence-corrected chi connectivity index (χ1v) is 5.26. The molecule has 1 aliphatic heterocycles. The fourth-order valence-corrected chi connectivity index (χ4v) is 1.78. The van der Waals surface area contributed by atoms with Crippen molar-refractivity contribution in [1.82, 2.24) is 9.71 Å². The lowest BCUT2D eigenvalue weighted by molar-refractivity contribution is 0.417. The number of fused-ring (bicyclic) bond motifs is 1. The number of allylic oxidation sites excluding steroid dienone is 3. The zero-order valence-corrected chi connectivity index (χ0v) is 8.49. The van der Waals surface area contributed by atoms with Gasteiger partial charge in [0, 0.05) is 6.20 Å². The first-order valence-electron chi connectivity index (χ1n) is 4.44. The van der Waals surface area contributed by atoms with Crippen LogP contribution < -0.4 is 4.72 Å². The molecule has 0 atom stereocenters. The third-order valence-electron chi connectivity index (χ3n) is 1.94. The Bertz CT molecular complexity index is 493. The van der Waals surface area contributed by atoms with E-state index in [-0.39, 0.29) is 0 Å². The summed E-state index contributed by atoms with van der Waals surface area (Å²) in [7, 11) is 0. The van der Waals surface area contributed by atoms with Gasteiger partial charge in [-0.05, 0) is 36.2 Å². The van der Waals surface area contributed by atoms with E-state index >= 15 is 0 Å². The summed E-state index contributed by atoms with van der Waals surface area (Å²) in [5, 5.41) is 0. The van der Waals surface area contributed by atoms with Crippen LogP contribution in [0.1, 0.15) is 0 Å². The average Bonchev–Trinajstić information content (AvgIpc) is 2.23. The number of nitrogens with one attached hydrogen (secondary N) is 1. The Balaban J connectivity index is 1.85. The van der Waals surface area contributed by atoms with Gasteiger partial charge in [0.25, 0.3) is 0 Å². The Kier molecular flexibility index (Phi) is 1.96. The van der Waals surface area contributed by atoms with E-state index in [1.165, 1.54) is 11.9 Å². The van der Waals surface area contributed by atoms with Crippen LogP contribution in [0, 0.1) is 0 Å². The molecule has 0 bridgehead atoms. The first-order chi connectivity index (χ1) is 7.42. The molecule has 0 aromatic carbocycles. The van der Waals surface area contributed by atoms with E-state index in [4.69, 9.17) is 4.74 Å². The lowest BCUT2D eigenvalue weighted by Crippen LogP contribution is -2.22. The molecule has 0 unspecified atom stereocenters. The monoisotopic (exact) mass is 217 g/mol. The van der Waals surface area contributed by atoms with E-state index in [9.17, 15) is 0 Å². The van der Waals surface area contributed by atoms with Crippen LogP contribution in [0.4, 0.5) is 5.82 Å². The Morgan fingerprint density at radius 3 is 3.13 bits per heavy atom. The predicted molar refractivity (Wildman–Crippen MR) is 58.6 cm³/mol. The topological polar surface area (TPSA) is 46.5 Å². The molecule has 1 aromatic heterocycles. The van der Waals surface area contributed by atoms with Crippen molar-refractivity contribution >= 4 is 23.8 Å². The third-order valence-corrected chi connectivity index (χ3v) is 2.76. The molecule has 0 radical (unpaired) electrons. The Labute approximate surface area is 90.9 Å². The molecule has 3 rings (SSSR count). The van der Waals surface area contributed by atoms with Crippen molar-refractivity contribution in [2.45, 2.75) is 4.90 Å². The van der Waals surface area contributed by atoms with Crippen LogP contribution in [0.2, 0.25) is 0 Å². The van der Waals surface area contributed by atoms with Crippen molar-refractivity contribution in [1.29, 1.82) is 0 Å². The third kappa shape index (κ3) is 1.61. The van der Waals surface area contributed by atoms with Gasteiger partial charge in [-0.25, -0.2) is 4.98 Å². The summed E-state index contributed by atoms with van der Waals surface area (Å²) in [6.45, 7) is 0. The standard InChI is InChI=1S/C10H7N3OS/c1-3-7(4-1)14-10-12-9-8(15-13-10)5-2-6-11-9/h1-6H,(H,11,12,13). The van der Waals surface area contributed by atoms with Gasteiger partial charge in [-0.1, -0.05) is 6.08 Å². The molecule has 0 saturated heterocycles. The number of hydrogen-bond donors (Lipinski definition) is 1. The van der Waals surface area contributed by atoms with Gasteiger partial charge in [0.1, 0.15) is 5.76 Å². The fourth-order valence-electron chi connectivity index (χ4n) is 1.16. The van der Waals surface area contributed by atoms with Gasteiger partial charge >= 0.3 is 6.02 Å². The molecule has 1 aliphatic carbocycles. The molecule has 15 heavy (non-hydrogen) atoms. The van der Waals surface area contributed by atoms with Crippen molar-refractivity contribution < 1.29 is 4.74 Å². The van der Waals surface area contributed by atoms with Crippen molar-refractivity contribution in [3.63, 3.8) is 0 Å². The summed E-state index contributed by atoms with van der Waals surface area (Å²) in [6, 6.07) is 4.32. The SMILES string of the molecule is C1=CC(OC2=Nc3ncccc3SN2)=C1. The maximum Gasteiger partial charge on any atom is 0.307 e. The quantitative estimate of drug-likeness (QED) is 0.732. The Morgan fingerprint density at radius 2 is 2.33 bits per heavy atom. The molecule has 74 valence electrons. The summed E-state index contributed by atoms with van der Waals surface area (Å²) in [4.78, 5) is 9.40. The van der Waals surface area contributed by atoms with Gasteiger partial charge in [-0.3, -0.25) is 4.72 Å². The average molecular weight is 217 g/mol. The predicted octanol–water partition coefficient (Wildman–Crippen LogP) is 2.15. The highest BCUT2D eigenvalue weighted by atomic mass is 32.2. The van der Waals surface area contributed by atoms with E-state index < -0.39 is 0 Å². The van der Waals surface area contributed by atoms with E-state index in [0.717, 1.165) is 10.7 Å². The number of nitrogens with zero attached hydrogens (tertiary/aromatic N) is 2. The lowest BCUT2D eigenvalue weighted by Gasteiger charge is -2.16. The maximum absolute atomic E-state index is 5.44. The molecule has 2 heterocycles. The minimum Gasteiger partial charge on any atom is -0.425 e. The number of rotatable bonds is 1. The first kappa shape index (κ1) is 8.55. The highest BCUT2D eigenvalue weighted by Crippen LogP contribution is 2.29. The second kappa shape index (κ2) is 3.43. The van der Waals surface area contributed by atoms with Gasteiger partial charge < -0.3 is 4.74 Å². The van der Waals surface area contributed by atoms with Crippen LogP contribution in [0.3, 0.4) is 0 Å². The van der Waals surface area contributed by atoms with Gasteiger partial charge in [0.15, 0.2) is 5.82 Å². The van der Waals surface area contributed by atoms with Crippen LogP contribution in [0.5, 0.6) is 0 Å². The smallest absolute Gasteiger partial charge is 0.307 e. The number of aromatic nitrogens is 1. The Hall–Kier alpha value is -1.75. The summed E-state index contributed by atoms with van der Waals surface area (Å²) < 4.78 is 8.44. The summed E-state index contributed by atoms with van der Waals surface area (Å²) >= 11 is 1.45. The van der Waals surface area contributed by atoms with Crippen LogP contribution in [-0.4, -0.2) is 11.0 Å². The highest BCUT2D eigenvalue weighted by molar-refractivity contribution is 7.98. The van der Waals surface area contributed by atoms with Crippen LogP contribution in [0.15, 0.2) is 52.2 Å². The number of amidine groups is 1. The van der Waals surface area contributed by atoms with E-state index in [2.05, 4.69) is 14.7 Å². The van der Waals surface area contributed by atoms with E-state index in [1.807, 2.05) is 30.4 Å². The van der Waals surface area contributed by atoms with Gasteiger partial charge in [-0.15, -0.1) is 0 Å². The minimum atomic E-state index is 0.474. The summed E-state index contributed by atoms with van der Waals surface area (Å²) in [6.07, 6.45) is 7.39. The van der Waals surface area contributed by atoms with Crippen molar-refractivity contribution in [2.75, 3.05) is 0 Å². The van der Waals surface area contributed by atoms with Crippen molar-refractivity contribution in [3.05, 3.63) is 42.3 Å². The lowest BCUT2D eigenvalue weighted by atomic mass is 10.3. The van der Waals surface area contributed by atoms with Gasteiger partial charge in [0.2, 0.25) is 0 Å². The maximum atomic E-state index is 5.44. The molecular weight excluding hydrogens is 210 g/mol. The molecule has 1 N–H and O–H groups in total. The number of ether oxygens (including phenoxy) is 1. The molecule has 1 aromatic rings. The fraction of sp³-hybridized carbons (Fsp3) is 0. The van der Waals surface area contributed by atoms with Crippen molar-refractivity contribution in [2.24, 2.45) is 4.99 Å². The molecule has 4 nitrogen and oxygen atoms in total. The number of hydrogen-bond acceptors (Lipinski definition) is 5.